The van der Waals surface area contributed by atoms with Crippen molar-refractivity contribution in [3.05, 3.63) is 58.6 Å². The Morgan fingerprint density at radius 2 is 1.84 bits per heavy atom. The smallest absolute Gasteiger partial charge is 0.255 e. The minimum atomic E-state index is -0.214. The first-order valence-corrected chi connectivity index (χ1v) is 6.12. The van der Waals surface area contributed by atoms with Crippen molar-refractivity contribution < 1.29 is 4.79 Å². The van der Waals surface area contributed by atoms with E-state index in [1.165, 1.54) is 0 Å². The van der Waals surface area contributed by atoms with Crippen LogP contribution in [0.5, 0.6) is 0 Å². The molecule has 98 valence electrons. The highest BCUT2D eigenvalue weighted by Crippen LogP contribution is 2.23. The Morgan fingerprint density at radius 3 is 2.42 bits per heavy atom. The molecule has 2 rings (SSSR count). The fourth-order valence-corrected chi connectivity index (χ4v) is 1.92. The van der Waals surface area contributed by atoms with Crippen molar-refractivity contribution in [2.75, 3.05) is 10.7 Å². The van der Waals surface area contributed by atoms with Crippen molar-refractivity contribution in [3.8, 4) is 0 Å². The molecule has 0 aliphatic heterocycles. The van der Waals surface area contributed by atoms with E-state index >= 15 is 0 Å². The molecule has 4 nitrogen and oxygen atoms in total. The minimum absolute atomic E-state index is 0.214. The molecule has 0 saturated heterocycles. The maximum Gasteiger partial charge on any atom is 0.255 e. The lowest BCUT2D eigenvalue weighted by Gasteiger charge is -2.08. The molecule has 5 heteroatoms. The summed E-state index contributed by atoms with van der Waals surface area (Å²) in [6.07, 6.45) is 0. The maximum atomic E-state index is 12.0. The fraction of sp³-hybridized carbons (Fsp3) is 0.0714. The zero-order valence-electron chi connectivity index (χ0n) is 10.4. The van der Waals surface area contributed by atoms with Gasteiger partial charge in [0, 0.05) is 11.3 Å². The van der Waals surface area contributed by atoms with Crippen LogP contribution in [0, 0.1) is 6.92 Å². The molecule has 0 saturated carbocycles. The van der Waals surface area contributed by atoms with E-state index in [0.29, 0.717) is 16.3 Å². The molecular weight excluding hydrogens is 262 g/mol. The number of nitrogens with two attached hydrogens (primary N) is 1. The molecule has 1 amide bonds. The van der Waals surface area contributed by atoms with Crippen LogP contribution in [0.4, 0.5) is 11.4 Å². The van der Waals surface area contributed by atoms with Gasteiger partial charge < -0.3 is 10.7 Å². The van der Waals surface area contributed by atoms with Gasteiger partial charge in [0.25, 0.3) is 5.91 Å². The Labute approximate surface area is 116 Å². The monoisotopic (exact) mass is 275 g/mol. The van der Waals surface area contributed by atoms with E-state index < -0.39 is 0 Å². The number of anilines is 2. The molecule has 0 atom stereocenters. The lowest BCUT2D eigenvalue weighted by atomic mass is 10.2. The van der Waals surface area contributed by atoms with Gasteiger partial charge in [-0.05, 0) is 48.9 Å². The van der Waals surface area contributed by atoms with Gasteiger partial charge in [0.2, 0.25) is 0 Å². The zero-order valence-corrected chi connectivity index (χ0v) is 11.2. The van der Waals surface area contributed by atoms with Crippen LogP contribution >= 0.6 is 11.6 Å². The Kier molecular flexibility index (Phi) is 4.04. The summed E-state index contributed by atoms with van der Waals surface area (Å²) in [5.41, 5.74) is 5.42. The van der Waals surface area contributed by atoms with E-state index in [9.17, 15) is 4.79 Å². The average molecular weight is 276 g/mol. The van der Waals surface area contributed by atoms with Gasteiger partial charge in [-0.15, -0.1) is 0 Å². The van der Waals surface area contributed by atoms with E-state index in [4.69, 9.17) is 17.4 Å². The number of aryl methyl sites for hydroxylation is 1. The van der Waals surface area contributed by atoms with Gasteiger partial charge in [-0.1, -0.05) is 17.7 Å². The second-order valence-corrected chi connectivity index (χ2v) is 4.57. The van der Waals surface area contributed by atoms with Crippen molar-refractivity contribution in [3.63, 3.8) is 0 Å². The van der Waals surface area contributed by atoms with Crippen LogP contribution < -0.4 is 16.6 Å². The second-order valence-electron chi connectivity index (χ2n) is 4.16. The van der Waals surface area contributed by atoms with E-state index in [1.807, 2.05) is 13.0 Å². The molecule has 0 aliphatic rings. The molecule has 0 spiro atoms. The van der Waals surface area contributed by atoms with Crippen molar-refractivity contribution in [2.24, 2.45) is 5.84 Å². The van der Waals surface area contributed by atoms with Crippen molar-refractivity contribution in [2.45, 2.75) is 6.92 Å². The highest BCUT2D eigenvalue weighted by atomic mass is 35.5. The molecule has 19 heavy (non-hydrogen) atoms. The van der Waals surface area contributed by atoms with Crippen molar-refractivity contribution in [1.82, 2.24) is 0 Å². The number of nitrogens with one attached hydrogen (secondary N) is 2. The average Bonchev–Trinajstić information content (AvgIpc) is 2.42. The first-order chi connectivity index (χ1) is 9.10. The third-order valence-electron chi connectivity index (χ3n) is 2.69. The molecule has 0 radical (unpaired) electrons. The first kappa shape index (κ1) is 13.4. The van der Waals surface area contributed by atoms with Gasteiger partial charge in [-0.2, -0.15) is 0 Å². The van der Waals surface area contributed by atoms with Crippen molar-refractivity contribution >= 4 is 28.9 Å². The molecule has 4 N–H and O–H groups in total. The van der Waals surface area contributed by atoms with Crippen LogP contribution in [-0.4, -0.2) is 5.91 Å². The molecule has 0 aromatic heterocycles. The summed E-state index contributed by atoms with van der Waals surface area (Å²) in [6, 6.07) is 12.3. The number of hydrogen-bond acceptors (Lipinski definition) is 3. The summed E-state index contributed by atoms with van der Waals surface area (Å²) >= 11 is 6.07. The minimum Gasteiger partial charge on any atom is -0.324 e. The quantitative estimate of drug-likeness (QED) is 0.595. The molecule has 0 bridgehead atoms. The normalized spacial score (nSPS) is 10.1. The summed E-state index contributed by atoms with van der Waals surface area (Å²) in [5, 5.41) is 3.29. The number of hydrazine groups is 1. The number of halogens is 1. The van der Waals surface area contributed by atoms with E-state index in [-0.39, 0.29) is 5.91 Å². The van der Waals surface area contributed by atoms with Gasteiger partial charge in [-0.25, -0.2) is 0 Å². The van der Waals surface area contributed by atoms with Gasteiger partial charge in [-0.3, -0.25) is 10.6 Å². The van der Waals surface area contributed by atoms with E-state index in [0.717, 1.165) is 11.3 Å². The topological polar surface area (TPSA) is 67.2 Å². The van der Waals surface area contributed by atoms with Crippen LogP contribution in [0.25, 0.3) is 0 Å². The van der Waals surface area contributed by atoms with Crippen LogP contribution in [0.2, 0.25) is 5.02 Å². The van der Waals surface area contributed by atoms with Gasteiger partial charge in [0.05, 0.1) is 10.7 Å². The molecular formula is C14H14ClN3O. The Balaban J connectivity index is 2.15. The van der Waals surface area contributed by atoms with E-state index in [1.54, 1.807) is 36.4 Å². The van der Waals surface area contributed by atoms with E-state index in [2.05, 4.69) is 10.7 Å². The van der Waals surface area contributed by atoms with Gasteiger partial charge in [0.1, 0.15) is 0 Å². The number of carbonyl (C=O) groups is 1. The van der Waals surface area contributed by atoms with Crippen LogP contribution in [0.3, 0.4) is 0 Å². The first-order valence-electron chi connectivity index (χ1n) is 5.74. The fourth-order valence-electron chi connectivity index (χ4n) is 1.63. The summed E-state index contributed by atoms with van der Waals surface area (Å²) in [6.45, 7) is 1.94. The zero-order chi connectivity index (χ0) is 13.8. The van der Waals surface area contributed by atoms with Crippen LogP contribution in [0.1, 0.15) is 15.9 Å². The lowest BCUT2D eigenvalue weighted by Crippen LogP contribution is -2.13. The summed E-state index contributed by atoms with van der Waals surface area (Å²) < 4.78 is 0. The maximum absolute atomic E-state index is 12.0. The largest absolute Gasteiger partial charge is 0.324 e. The number of benzene rings is 2. The predicted molar refractivity (Wildman–Crippen MR) is 78.4 cm³/mol. The molecule has 0 aliphatic carbocycles. The molecule has 0 heterocycles. The SMILES string of the molecule is Cc1ccc(NC(=O)c2ccc(NN)cc2)c(Cl)c1. The highest BCUT2D eigenvalue weighted by Gasteiger charge is 2.08. The van der Waals surface area contributed by atoms with Crippen LogP contribution in [-0.2, 0) is 0 Å². The predicted octanol–water partition coefficient (Wildman–Crippen LogP) is 3.19. The number of amides is 1. The lowest BCUT2D eigenvalue weighted by molar-refractivity contribution is 0.102. The molecule has 0 unspecified atom stereocenters. The van der Waals surface area contributed by atoms with Gasteiger partial charge in [0.15, 0.2) is 0 Å². The number of carbonyl (C=O) groups excluding carboxylic acids is 1. The Bertz CT molecular complexity index is 596. The number of nitrogen functional groups attached to an aromatic ring is 1. The summed E-state index contributed by atoms with van der Waals surface area (Å²) in [7, 11) is 0. The third kappa shape index (κ3) is 3.24. The Hall–Kier alpha value is -2.04. The number of rotatable bonds is 3. The highest BCUT2D eigenvalue weighted by molar-refractivity contribution is 6.34. The molecule has 2 aromatic carbocycles. The van der Waals surface area contributed by atoms with Crippen LogP contribution in [0.15, 0.2) is 42.5 Å². The standard InChI is InChI=1S/C14H14ClN3O/c1-9-2-7-13(12(15)8-9)17-14(19)10-3-5-11(18-16)6-4-10/h2-8,18H,16H2,1H3,(H,17,19). The third-order valence-corrected chi connectivity index (χ3v) is 3.00. The molecule has 0 fully saturated rings. The summed E-state index contributed by atoms with van der Waals surface area (Å²) in [4.78, 5) is 12.0. The van der Waals surface area contributed by atoms with Gasteiger partial charge >= 0.3 is 0 Å². The van der Waals surface area contributed by atoms with Crippen molar-refractivity contribution in [1.29, 1.82) is 0 Å². The molecule has 2 aromatic rings. The second kappa shape index (κ2) is 5.73. The summed E-state index contributed by atoms with van der Waals surface area (Å²) in [5.74, 6) is 5.05. The Morgan fingerprint density at radius 1 is 1.16 bits per heavy atom. The number of hydrogen-bond donors (Lipinski definition) is 3.